The topological polar surface area (TPSA) is 77.2 Å². The zero-order chi connectivity index (χ0) is 21.4. The third kappa shape index (κ3) is 3.73. The third-order valence-corrected chi connectivity index (χ3v) is 6.57. The summed E-state index contributed by atoms with van der Waals surface area (Å²) in [5.74, 6) is 0. The summed E-state index contributed by atoms with van der Waals surface area (Å²) >= 11 is 1.61. The molecule has 1 N–H and O–H groups in total. The van der Waals surface area contributed by atoms with Crippen molar-refractivity contribution in [2.45, 2.75) is 30.0 Å². The second kappa shape index (κ2) is 8.42. The van der Waals surface area contributed by atoms with E-state index in [1.807, 2.05) is 42.8 Å². The molecule has 1 fully saturated rings. The van der Waals surface area contributed by atoms with Crippen molar-refractivity contribution < 1.29 is 9.84 Å². The van der Waals surface area contributed by atoms with Gasteiger partial charge in [0.1, 0.15) is 0 Å². The Kier molecular flexibility index (Phi) is 5.48. The van der Waals surface area contributed by atoms with Gasteiger partial charge < -0.3 is 9.84 Å². The average Bonchev–Trinajstić information content (AvgIpc) is 2.81. The van der Waals surface area contributed by atoms with Crippen LogP contribution >= 0.6 is 11.8 Å². The van der Waals surface area contributed by atoms with Gasteiger partial charge in [0.25, 0.3) is 5.56 Å². The van der Waals surface area contributed by atoms with Crippen LogP contribution in [0, 0.1) is 0 Å². The first-order valence-corrected chi connectivity index (χ1v) is 11.5. The zero-order valence-electron chi connectivity index (χ0n) is 17.2. The molecule has 3 heterocycles. The van der Waals surface area contributed by atoms with Crippen molar-refractivity contribution in [3.05, 3.63) is 76.5 Å². The van der Waals surface area contributed by atoms with Gasteiger partial charge in [-0.1, -0.05) is 24.3 Å². The number of fused-ring (bicyclic) bond motifs is 3. The molecule has 0 radical (unpaired) electrons. The van der Waals surface area contributed by atoms with E-state index in [1.54, 1.807) is 22.7 Å². The van der Waals surface area contributed by atoms with E-state index < -0.39 is 6.10 Å². The quantitative estimate of drug-likeness (QED) is 0.392. The lowest BCUT2D eigenvalue weighted by atomic mass is 9.96. The lowest BCUT2D eigenvalue weighted by Gasteiger charge is -2.29. The van der Waals surface area contributed by atoms with Crippen molar-refractivity contribution in [3.8, 4) is 0 Å². The van der Waals surface area contributed by atoms with Crippen molar-refractivity contribution in [2.75, 3.05) is 19.5 Å². The summed E-state index contributed by atoms with van der Waals surface area (Å²) in [6, 6.07) is 13.8. The molecule has 7 heteroatoms. The summed E-state index contributed by atoms with van der Waals surface area (Å²) in [4.78, 5) is 22.5. The smallest absolute Gasteiger partial charge is 0.261 e. The summed E-state index contributed by atoms with van der Waals surface area (Å²) in [6.07, 6.45) is 5.97. The number of rotatable bonds is 4. The lowest BCUT2D eigenvalue weighted by molar-refractivity contribution is -0.0395. The molecular weight excluding hydrogens is 410 g/mol. The standard InChI is InChI=1S/C24H23N3O3S/c1-31-22-11-15(6-8-25-22)10-16-12-19-23(18-5-3-2-4-17(16)18)26-14-27(24(19)29)20-7-9-30-13-21(20)28/h2-6,8,11-12,14,20-21,28H,7,9-10,13H2,1H3/t20-,21-/m0/s1. The lowest BCUT2D eigenvalue weighted by Crippen LogP contribution is -2.39. The summed E-state index contributed by atoms with van der Waals surface area (Å²) in [5.41, 5.74) is 2.79. The van der Waals surface area contributed by atoms with E-state index in [0.29, 0.717) is 30.4 Å². The molecule has 1 saturated heterocycles. The minimum Gasteiger partial charge on any atom is -0.389 e. The highest BCUT2D eigenvalue weighted by atomic mass is 32.2. The normalized spacial score (nSPS) is 19.2. The predicted octanol–water partition coefficient (Wildman–Crippen LogP) is 3.58. The van der Waals surface area contributed by atoms with Crippen LogP contribution < -0.4 is 5.56 Å². The Balaban J connectivity index is 1.69. The van der Waals surface area contributed by atoms with Crippen LogP contribution in [0.2, 0.25) is 0 Å². The molecular formula is C24H23N3O3S. The maximum atomic E-state index is 13.5. The van der Waals surface area contributed by atoms with Crippen molar-refractivity contribution in [3.63, 3.8) is 0 Å². The number of thioether (sulfide) groups is 1. The van der Waals surface area contributed by atoms with Gasteiger partial charge in [-0.25, -0.2) is 9.97 Å². The fraction of sp³-hybridized carbons (Fsp3) is 0.292. The molecule has 31 heavy (non-hydrogen) atoms. The summed E-state index contributed by atoms with van der Waals surface area (Å²) in [6.45, 7) is 0.757. The Labute approximate surface area is 183 Å². The molecule has 5 rings (SSSR count). The predicted molar refractivity (Wildman–Crippen MR) is 123 cm³/mol. The highest BCUT2D eigenvalue weighted by Gasteiger charge is 2.27. The number of hydrogen-bond donors (Lipinski definition) is 1. The monoisotopic (exact) mass is 433 g/mol. The molecule has 0 amide bonds. The zero-order valence-corrected chi connectivity index (χ0v) is 18.0. The maximum absolute atomic E-state index is 13.5. The van der Waals surface area contributed by atoms with Crippen LogP contribution in [0.1, 0.15) is 23.6 Å². The first-order chi connectivity index (χ1) is 15.2. The number of hydrogen-bond acceptors (Lipinski definition) is 6. The van der Waals surface area contributed by atoms with Crippen LogP contribution in [-0.2, 0) is 11.2 Å². The Hall–Kier alpha value is -2.74. The van der Waals surface area contributed by atoms with E-state index >= 15 is 0 Å². The number of pyridine rings is 1. The molecule has 0 saturated carbocycles. The van der Waals surface area contributed by atoms with Crippen LogP contribution in [0.5, 0.6) is 0 Å². The molecule has 2 atom stereocenters. The van der Waals surface area contributed by atoms with Gasteiger partial charge in [0.15, 0.2) is 0 Å². The van der Waals surface area contributed by atoms with Crippen LogP contribution in [0.15, 0.2) is 64.8 Å². The molecule has 0 spiro atoms. The Morgan fingerprint density at radius 1 is 1.16 bits per heavy atom. The van der Waals surface area contributed by atoms with E-state index in [0.717, 1.165) is 26.9 Å². The van der Waals surface area contributed by atoms with Gasteiger partial charge in [0.05, 0.1) is 41.0 Å². The van der Waals surface area contributed by atoms with Crippen LogP contribution in [0.4, 0.5) is 0 Å². The molecule has 158 valence electrons. The maximum Gasteiger partial charge on any atom is 0.261 e. The minimum atomic E-state index is -0.715. The molecule has 0 bridgehead atoms. The first kappa shape index (κ1) is 20.2. The van der Waals surface area contributed by atoms with Gasteiger partial charge in [-0.15, -0.1) is 11.8 Å². The van der Waals surface area contributed by atoms with Gasteiger partial charge in [-0.3, -0.25) is 9.36 Å². The molecule has 0 unspecified atom stereocenters. The van der Waals surface area contributed by atoms with Crippen molar-refractivity contribution >= 4 is 33.4 Å². The highest BCUT2D eigenvalue weighted by Crippen LogP contribution is 2.29. The van der Waals surface area contributed by atoms with E-state index in [-0.39, 0.29) is 18.2 Å². The van der Waals surface area contributed by atoms with E-state index in [9.17, 15) is 9.90 Å². The van der Waals surface area contributed by atoms with Gasteiger partial charge in [-0.2, -0.15) is 0 Å². The van der Waals surface area contributed by atoms with E-state index in [2.05, 4.69) is 22.1 Å². The SMILES string of the molecule is CSc1cc(Cc2cc3c(=O)n([C@H]4CCOC[C@@H]4O)cnc3c3ccccc23)ccn1. The number of nitrogens with zero attached hydrogens (tertiary/aromatic N) is 3. The fourth-order valence-corrected chi connectivity index (χ4v) is 4.79. The molecule has 4 aromatic rings. The number of aliphatic hydroxyl groups is 1. The molecule has 2 aromatic heterocycles. The summed E-state index contributed by atoms with van der Waals surface area (Å²) < 4.78 is 6.91. The number of ether oxygens (including phenoxy) is 1. The second-order valence-electron chi connectivity index (χ2n) is 7.82. The summed E-state index contributed by atoms with van der Waals surface area (Å²) in [5, 5.41) is 14.0. The van der Waals surface area contributed by atoms with Crippen LogP contribution in [0.3, 0.4) is 0 Å². The molecule has 6 nitrogen and oxygen atoms in total. The average molecular weight is 434 g/mol. The van der Waals surface area contributed by atoms with Gasteiger partial charge in [0, 0.05) is 18.2 Å². The van der Waals surface area contributed by atoms with Gasteiger partial charge in [-0.05, 0) is 53.8 Å². The van der Waals surface area contributed by atoms with Crippen molar-refractivity contribution in [1.29, 1.82) is 0 Å². The molecule has 2 aromatic carbocycles. The number of aromatic nitrogens is 3. The van der Waals surface area contributed by atoms with Gasteiger partial charge >= 0.3 is 0 Å². The fourth-order valence-electron chi connectivity index (χ4n) is 4.36. The molecule has 0 aliphatic carbocycles. The van der Waals surface area contributed by atoms with E-state index in [4.69, 9.17) is 4.74 Å². The first-order valence-electron chi connectivity index (χ1n) is 10.3. The third-order valence-electron chi connectivity index (χ3n) is 5.93. The highest BCUT2D eigenvalue weighted by molar-refractivity contribution is 7.98. The number of benzene rings is 2. The van der Waals surface area contributed by atoms with Gasteiger partial charge in [0.2, 0.25) is 0 Å². The molecule has 1 aliphatic rings. The second-order valence-corrected chi connectivity index (χ2v) is 8.64. The summed E-state index contributed by atoms with van der Waals surface area (Å²) in [7, 11) is 0. The van der Waals surface area contributed by atoms with E-state index in [1.165, 1.54) is 0 Å². The van der Waals surface area contributed by atoms with Crippen molar-refractivity contribution in [2.24, 2.45) is 0 Å². The van der Waals surface area contributed by atoms with Crippen LogP contribution in [-0.4, -0.2) is 45.2 Å². The largest absolute Gasteiger partial charge is 0.389 e. The van der Waals surface area contributed by atoms with Crippen LogP contribution in [0.25, 0.3) is 21.7 Å². The number of aliphatic hydroxyl groups excluding tert-OH is 1. The Bertz CT molecular complexity index is 1320. The molecule has 1 aliphatic heterocycles. The Morgan fingerprint density at radius 3 is 2.81 bits per heavy atom. The van der Waals surface area contributed by atoms with Crippen molar-refractivity contribution in [1.82, 2.24) is 14.5 Å². The minimum absolute atomic E-state index is 0.123. The Morgan fingerprint density at radius 2 is 2.00 bits per heavy atom.